The molecule has 0 radical (unpaired) electrons. The number of rotatable bonds is 6. The number of hydrogen-bond acceptors (Lipinski definition) is 2. The molecule has 0 fully saturated rings. The lowest BCUT2D eigenvalue weighted by molar-refractivity contribution is 0.665. The van der Waals surface area contributed by atoms with Crippen molar-refractivity contribution in [3.05, 3.63) is 54.6 Å². The van der Waals surface area contributed by atoms with Gasteiger partial charge in [-0.15, -0.1) is 0 Å². The van der Waals surface area contributed by atoms with Gasteiger partial charge in [0.15, 0.2) is 5.96 Å². The van der Waals surface area contributed by atoms with Crippen molar-refractivity contribution in [3.8, 4) is 0 Å². The minimum atomic E-state index is 0.834. The van der Waals surface area contributed by atoms with E-state index in [0.29, 0.717) is 0 Å². The molecule has 106 valence electrons. The summed E-state index contributed by atoms with van der Waals surface area (Å²) in [5.74, 6) is 0.834. The van der Waals surface area contributed by atoms with E-state index >= 15 is 0 Å². The first-order chi connectivity index (χ1) is 9.88. The molecule has 0 unspecified atom stereocenters. The van der Waals surface area contributed by atoms with Gasteiger partial charge in [0.1, 0.15) is 0 Å². The van der Waals surface area contributed by atoms with Crippen molar-refractivity contribution < 1.29 is 0 Å². The highest BCUT2D eigenvalue weighted by molar-refractivity contribution is 5.79. The summed E-state index contributed by atoms with van der Waals surface area (Å²) in [4.78, 5) is 8.31. The largest absolute Gasteiger partial charge is 0.356 e. The molecular formula is C15H21N5. The predicted molar refractivity (Wildman–Crippen MR) is 81.7 cm³/mol. The van der Waals surface area contributed by atoms with E-state index in [1.54, 1.807) is 13.2 Å². The third-order valence-electron chi connectivity index (χ3n) is 2.98. The Balaban J connectivity index is 1.65. The van der Waals surface area contributed by atoms with E-state index in [-0.39, 0.29) is 0 Å². The fraction of sp³-hybridized carbons (Fsp3) is 0.333. The molecule has 2 heterocycles. The van der Waals surface area contributed by atoms with Crippen molar-refractivity contribution >= 4 is 5.96 Å². The number of guanidine groups is 1. The van der Waals surface area contributed by atoms with Gasteiger partial charge in [-0.25, -0.2) is 0 Å². The fourth-order valence-corrected chi connectivity index (χ4v) is 1.91. The van der Waals surface area contributed by atoms with Gasteiger partial charge < -0.3 is 15.2 Å². The van der Waals surface area contributed by atoms with Crippen LogP contribution in [-0.2, 0) is 13.0 Å². The van der Waals surface area contributed by atoms with E-state index < -0.39 is 0 Å². The number of hydrogen-bond donors (Lipinski definition) is 2. The van der Waals surface area contributed by atoms with Gasteiger partial charge in [-0.1, -0.05) is 6.07 Å². The zero-order valence-corrected chi connectivity index (χ0v) is 11.8. The Labute approximate surface area is 119 Å². The predicted octanol–water partition coefficient (Wildman–Crippen LogP) is 1.29. The van der Waals surface area contributed by atoms with Gasteiger partial charge in [-0.3, -0.25) is 9.98 Å². The Kier molecular flexibility index (Phi) is 5.64. The Morgan fingerprint density at radius 3 is 2.70 bits per heavy atom. The number of pyridine rings is 1. The molecular weight excluding hydrogens is 250 g/mol. The van der Waals surface area contributed by atoms with Gasteiger partial charge in [-0.05, 0) is 30.2 Å². The summed E-state index contributed by atoms with van der Waals surface area (Å²) in [7, 11) is 1.79. The molecule has 0 spiro atoms. The Hall–Kier alpha value is -2.30. The Morgan fingerprint density at radius 1 is 1.20 bits per heavy atom. The van der Waals surface area contributed by atoms with Gasteiger partial charge in [-0.2, -0.15) is 0 Å². The van der Waals surface area contributed by atoms with Crippen molar-refractivity contribution in [2.24, 2.45) is 4.99 Å². The second kappa shape index (κ2) is 7.99. The summed E-state index contributed by atoms with van der Waals surface area (Å²) < 4.78 is 2.13. The molecule has 0 atom stereocenters. The van der Waals surface area contributed by atoms with E-state index in [9.17, 15) is 0 Å². The number of aliphatic imine (C=N–C) groups is 1. The van der Waals surface area contributed by atoms with Crippen LogP contribution < -0.4 is 10.6 Å². The molecule has 0 aromatic carbocycles. The normalized spacial score (nSPS) is 11.3. The van der Waals surface area contributed by atoms with Gasteiger partial charge in [0.25, 0.3) is 0 Å². The molecule has 5 heteroatoms. The molecule has 2 N–H and O–H groups in total. The third kappa shape index (κ3) is 4.76. The fourth-order valence-electron chi connectivity index (χ4n) is 1.91. The zero-order chi connectivity index (χ0) is 14.0. The molecule has 0 amide bonds. The smallest absolute Gasteiger partial charge is 0.191 e. The molecule has 2 aromatic heterocycles. The molecule has 20 heavy (non-hydrogen) atoms. The molecule has 0 saturated carbocycles. The Bertz CT molecular complexity index is 504. The van der Waals surface area contributed by atoms with Crippen molar-refractivity contribution in [3.63, 3.8) is 0 Å². The van der Waals surface area contributed by atoms with Crippen LogP contribution in [0.4, 0.5) is 0 Å². The van der Waals surface area contributed by atoms with Gasteiger partial charge in [0.05, 0.1) is 0 Å². The van der Waals surface area contributed by atoms with Gasteiger partial charge >= 0.3 is 0 Å². The maximum atomic E-state index is 4.21. The maximum Gasteiger partial charge on any atom is 0.191 e. The van der Waals surface area contributed by atoms with Crippen LogP contribution in [0.5, 0.6) is 0 Å². The molecule has 0 saturated heterocycles. The van der Waals surface area contributed by atoms with Crippen LogP contribution in [0.2, 0.25) is 0 Å². The monoisotopic (exact) mass is 271 g/mol. The van der Waals surface area contributed by atoms with Crippen LogP contribution >= 0.6 is 0 Å². The summed E-state index contributed by atoms with van der Waals surface area (Å²) in [5, 5.41) is 6.60. The van der Waals surface area contributed by atoms with E-state index in [4.69, 9.17) is 0 Å². The molecule has 5 nitrogen and oxygen atoms in total. The van der Waals surface area contributed by atoms with Crippen LogP contribution in [-0.4, -0.2) is 35.6 Å². The van der Waals surface area contributed by atoms with Crippen molar-refractivity contribution in [1.82, 2.24) is 20.2 Å². The van der Waals surface area contributed by atoms with E-state index in [1.165, 1.54) is 5.56 Å². The van der Waals surface area contributed by atoms with Crippen LogP contribution in [0.1, 0.15) is 5.56 Å². The highest BCUT2D eigenvalue weighted by Crippen LogP contribution is 1.95. The van der Waals surface area contributed by atoms with Crippen molar-refractivity contribution in [2.75, 3.05) is 20.1 Å². The lowest BCUT2D eigenvalue weighted by Gasteiger charge is -2.12. The van der Waals surface area contributed by atoms with Crippen LogP contribution in [0.25, 0.3) is 0 Å². The number of nitrogens with zero attached hydrogens (tertiary/aromatic N) is 3. The van der Waals surface area contributed by atoms with Crippen molar-refractivity contribution in [1.29, 1.82) is 0 Å². The second-order valence-electron chi connectivity index (χ2n) is 4.46. The highest BCUT2D eigenvalue weighted by atomic mass is 15.2. The lowest BCUT2D eigenvalue weighted by Crippen LogP contribution is -2.39. The molecule has 0 bridgehead atoms. The zero-order valence-electron chi connectivity index (χ0n) is 11.8. The Morgan fingerprint density at radius 2 is 2.00 bits per heavy atom. The SMILES string of the molecule is CN=C(NCCc1cccnc1)NCCn1cccc1. The standard InChI is InChI=1S/C15H21N5/c1-16-15(19-9-12-20-10-2-3-11-20)18-8-6-14-5-4-7-17-13-14/h2-5,7,10-11,13H,6,8-9,12H2,1H3,(H2,16,18,19). The average molecular weight is 271 g/mol. The molecule has 0 aliphatic rings. The van der Waals surface area contributed by atoms with Gasteiger partial charge in [0.2, 0.25) is 0 Å². The minimum absolute atomic E-state index is 0.834. The van der Waals surface area contributed by atoms with Gasteiger partial charge in [0, 0.05) is 51.5 Å². The summed E-state index contributed by atoms with van der Waals surface area (Å²) in [6, 6.07) is 8.10. The molecule has 0 aliphatic heterocycles. The van der Waals surface area contributed by atoms with Crippen LogP contribution in [0, 0.1) is 0 Å². The quantitative estimate of drug-likeness (QED) is 0.615. The maximum absolute atomic E-state index is 4.21. The third-order valence-corrected chi connectivity index (χ3v) is 2.98. The second-order valence-corrected chi connectivity index (χ2v) is 4.46. The summed E-state index contributed by atoms with van der Waals surface area (Å²) in [5.41, 5.74) is 1.22. The first-order valence-corrected chi connectivity index (χ1v) is 6.82. The minimum Gasteiger partial charge on any atom is -0.356 e. The summed E-state index contributed by atoms with van der Waals surface area (Å²) in [6.45, 7) is 2.62. The van der Waals surface area contributed by atoms with Crippen LogP contribution in [0.3, 0.4) is 0 Å². The topological polar surface area (TPSA) is 54.2 Å². The first kappa shape index (κ1) is 14.1. The molecule has 0 aliphatic carbocycles. The first-order valence-electron chi connectivity index (χ1n) is 6.82. The summed E-state index contributed by atoms with van der Waals surface area (Å²) >= 11 is 0. The number of aromatic nitrogens is 2. The van der Waals surface area contributed by atoms with Crippen LogP contribution in [0.15, 0.2) is 54.0 Å². The molecule has 2 aromatic rings. The summed E-state index contributed by atoms with van der Waals surface area (Å²) in [6.07, 6.45) is 8.73. The highest BCUT2D eigenvalue weighted by Gasteiger charge is 1.97. The van der Waals surface area contributed by atoms with E-state index in [0.717, 1.165) is 32.0 Å². The van der Waals surface area contributed by atoms with Crippen molar-refractivity contribution in [2.45, 2.75) is 13.0 Å². The van der Waals surface area contributed by atoms with E-state index in [1.807, 2.05) is 24.4 Å². The lowest BCUT2D eigenvalue weighted by atomic mass is 10.2. The van der Waals surface area contributed by atoms with E-state index in [2.05, 4.69) is 43.6 Å². The number of nitrogens with one attached hydrogen (secondary N) is 2. The molecule has 2 rings (SSSR count). The average Bonchev–Trinajstić information content (AvgIpc) is 3.00.